The van der Waals surface area contributed by atoms with Crippen LogP contribution in [-0.4, -0.2) is 34.8 Å². The van der Waals surface area contributed by atoms with Gasteiger partial charge >= 0.3 is 0 Å². The van der Waals surface area contributed by atoms with Gasteiger partial charge in [-0.3, -0.25) is 0 Å². The SMILES string of the molecule is CCCCN(CCO)c1cc(Cl)nc(C(C)C)n1. The predicted octanol–water partition coefficient (Wildman–Crippen LogP) is 2.85. The van der Waals surface area contributed by atoms with Crippen molar-refractivity contribution in [2.75, 3.05) is 24.6 Å². The molecular weight excluding hydrogens is 250 g/mol. The zero-order chi connectivity index (χ0) is 13.5. The Hall–Kier alpha value is -0.870. The highest BCUT2D eigenvalue weighted by Crippen LogP contribution is 2.20. The monoisotopic (exact) mass is 271 g/mol. The third-order valence-corrected chi connectivity index (χ3v) is 2.88. The number of unbranched alkanes of at least 4 members (excludes halogenated alkanes) is 1. The van der Waals surface area contributed by atoms with Crippen LogP contribution in [0.2, 0.25) is 5.15 Å². The maximum absolute atomic E-state index is 9.13. The van der Waals surface area contributed by atoms with E-state index in [1.54, 1.807) is 6.07 Å². The maximum Gasteiger partial charge on any atom is 0.135 e. The second-order valence-electron chi connectivity index (χ2n) is 4.63. The average Bonchev–Trinajstić information content (AvgIpc) is 2.33. The summed E-state index contributed by atoms with van der Waals surface area (Å²) in [6, 6.07) is 1.76. The molecule has 0 atom stereocenters. The zero-order valence-electron chi connectivity index (χ0n) is 11.4. The maximum atomic E-state index is 9.13. The van der Waals surface area contributed by atoms with E-state index in [0.29, 0.717) is 11.7 Å². The Kier molecular flexibility index (Phi) is 6.36. The Balaban J connectivity index is 2.95. The molecule has 5 heteroatoms. The lowest BCUT2D eigenvalue weighted by atomic mass is 10.2. The van der Waals surface area contributed by atoms with Crippen LogP contribution in [0, 0.1) is 0 Å². The molecule has 0 unspecified atom stereocenters. The van der Waals surface area contributed by atoms with Gasteiger partial charge in [-0.25, -0.2) is 9.97 Å². The molecule has 0 aliphatic carbocycles. The summed E-state index contributed by atoms with van der Waals surface area (Å²) in [7, 11) is 0. The third kappa shape index (κ3) is 4.42. The van der Waals surface area contributed by atoms with E-state index in [1.165, 1.54) is 0 Å². The first-order chi connectivity index (χ1) is 8.58. The van der Waals surface area contributed by atoms with Crippen molar-refractivity contribution in [1.82, 2.24) is 9.97 Å². The van der Waals surface area contributed by atoms with Crippen LogP contribution in [0.5, 0.6) is 0 Å². The van der Waals surface area contributed by atoms with E-state index < -0.39 is 0 Å². The molecule has 0 spiro atoms. The Morgan fingerprint density at radius 1 is 1.33 bits per heavy atom. The highest BCUT2D eigenvalue weighted by atomic mass is 35.5. The fourth-order valence-electron chi connectivity index (χ4n) is 1.65. The molecule has 0 saturated heterocycles. The van der Waals surface area contributed by atoms with Gasteiger partial charge in [0.2, 0.25) is 0 Å². The summed E-state index contributed by atoms with van der Waals surface area (Å²) in [5.74, 6) is 1.79. The van der Waals surface area contributed by atoms with Crippen molar-refractivity contribution in [2.24, 2.45) is 0 Å². The molecule has 0 aliphatic rings. The van der Waals surface area contributed by atoms with Gasteiger partial charge in [0.25, 0.3) is 0 Å². The molecule has 102 valence electrons. The first-order valence-electron chi connectivity index (χ1n) is 6.48. The molecule has 0 fully saturated rings. The van der Waals surface area contributed by atoms with Crippen LogP contribution >= 0.6 is 11.6 Å². The Morgan fingerprint density at radius 2 is 2.06 bits per heavy atom. The zero-order valence-corrected chi connectivity index (χ0v) is 12.1. The first-order valence-corrected chi connectivity index (χ1v) is 6.86. The molecule has 0 bridgehead atoms. The van der Waals surface area contributed by atoms with Gasteiger partial charge in [0.05, 0.1) is 6.61 Å². The van der Waals surface area contributed by atoms with Crippen LogP contribution in [0.1, 0.15) is 45.4 Å². The summed E-state index contributed by atoms with van der Waals surface area (Å²) in [5, 5.41) is 9.59. The lowest BCUT2D eigenvalue weighted by molar-refractivity contribution is 0.301. The second kappa shape index (κ2) is 7.54. The van der Waals surface area contributed by atoms with Gasteiger partial charge in [0.1, 0.15) is 16.8 Å². The number of aliphatic hydroxyl groups is 1. The van der Waals surface area contributed by atoms with E-state index in [9.17, 15) is 0 Å². The number of halogens is 1. The second-order valence-corrected chi connectivity index (χ2v) is 5.01. The van der Waals surface area contributed by atoms with E-state index in [2.05, 4.69) is 21.8 Å². The van der Waals surface area contributed by atoms with Gasteiger partial charge in [-0.05, 0) is 6.42 Å². The molecule has 0 aliphatic heterocycles. The van der Waals surface area contributed by atoms with Crippen molar-refractivity contribution in [2.45, 2.75) is 39.5 Å². The van der Waals surface area contributed by atoms with Gasteiger partial charge in [-0.15, -0.1) is 0 Å². The van der Waals surface area contributed by atoms with E-state index in [4.69, 9.17) is 16.7 Å². The minimum atomic E-state index is 0.113. The van der Waals surface area contributed by atoms with E-state index >= 15 is 0 Å². The van der Waals surface area contributed by atoms with Crippen LogP contribution in [-0.2, 0) is 0 Å². The smallest absolute Gasteiger partial charge is 0.135 e. The number of hydrogen-bond acceptors (Lipinski definition) is 4. The summed E-state index contributed by atoms with van der Waals surface area (Å²) in [6.45, 7) is 7.79. The van der Waals surface area contributed by atoms with Gasteiger partial charge in [0, 0.05) is 25.1 Å². The van der Waals surface area contributed by atoms with E-state index in [-0.39, 0.29) is 12.5 Å². The van der Waals surface area contributed by atoms with Gasteiger partial charge in [-0.2, -0.15) is 0 Å². The molecule has 1 N–H and O–H groups in total. The van der Waals surface area contributed by atoms with Gasteiger partial charge in [0.15, 0.2) is 0 Å². The Labute approximate surface area is 114 Å². The number of rotatable bonds is 7. The average molecular weight is 272 g/mol. The van der Waals surface area contributed by atoms with E-state index in [1.807, 2.05) is 13.8 Å². The largest absolute Gasteiger partial charge is 0.395 e. The lowest BCUT2D eigenvalue weighted by Crippen LogP contribution is -2.29. The number of nitrogens with zero attached hydrogens (tertiary/aromatic N) is 3. The summed E-state index contributed by atoms with van der Waals surface area (Å²) < 4.78 is 0. The van der Waals surface area contributed by atoms with Crippen molar-refractivity contribution in [3.05, 3.63) is 17.0 Å². The fourth-order valence-corrected chi connectivity index (χ4v) is 1.84. The summed E-state index contributed by atoms with van der Waals surface area (Å²) in [5.41, 5.74) is 0. The minimum absolute atomic E-state index is 0.113. The first kappa shape index (κ1) is 15.2. The highest BCUT2D eigenvalue weighted by Gasteiger charge is 2.12. The van der Waals surface area contributed by atoms with Crippen molar-refractivity contribution in [3.63, 3.8) is 0 Å². The number of hydrogen-bond donors (Lipinski definition) is 1. The molecule has 0 saturated carbocycles. The van der Waals surface area contributed by atoms with Crippen molar-refractivity contribution < 1.29 is 5.11 Å². The van der Waals surface area contributed by atoms with Crippen molar-refractivity contribution >= 4 is 17.4 Å². The van der Waals surface area contributed by atoms with Gasteiger partial charge in [-0.1, -0.05) is 38.8 Å². The Bertz CT molecular complexity index is 371. The molecule has 1 heterocycles. The molecule has 0 aromatic carbocycles. The molecule has 4 nitrogen and oxygen atoms in total. The molecule has 18 heavy (non-hydrogen) atoms. The number of anilines is 1. The minimum Gasteiger partial charge on any atom is -0.395 e. The molecule has 0 amide bonds. The Morgan fingerprint density at radius 3 is 2.61 bits per heavy atom. The quantitative estimate of drug-likeness (QED) is 0.775. The van der Waals surface area contributed by atoms with Crippen molar-refractivity contribution in [1.29, 1.82) is 0 Å². The third-order valence-electron chi connectivity index (χ3n) is 2.69. The van der Waals surface area contributed by atoms with Crippen LogP contribution in [0.4, 0.5) is 5.82 Å². The standard InChI is InChI=1S/C13H22ClN3O/c1-4-5-6-17(7-8-18)12-9-11(14)15-13(16-12)10(2)3/h9-10,18H,4-8H2,1-3H3. The van der Waals surface area contributed by atoms with Crippen LogP contribution in [0.25, 0.3) is 0 Å². The summed E-state index contributed by atoms with van der Waals surface area (Å²) >= 11 is 6.03. The summed E-state index contributed by atoms with van der Waals surface area (Å²) in [6.07, 6.45) is 2.18. The van der Waals surface area contributed by atoms with Crippen LogP contribution in [0.15, 0.2) is 6.07 Å². The molecule has 1 aromatic rings. The normalized spacial score (nSPS) is 11.0. The molecular formula is C13H22ClN3O. The van der Waals surface area contributed by atoms with Gasteiger partial charge < -0.3 is 10.0 Å². The lowest BCUT2D eigenvalue weighted by Gasteiger charge is -2.23. The topological polar surface area (TPSA) is 49.2 Å². The van der Waals surface area contributed by atoms with E-state index in [0.717, 1.165) is 31.0 Å². The van der Waals surface area contributed by atoms with Crippen LogP contribution in [0.3, 0.4) is 0 Å². The predicted molar refractivity (Wildman–Crippen MR) is 75.3 cm³/mol. The molecule has 1 aromatic heterocycles. The number of aliphatic hydroxyl groups excluding tert-OH is 1. The molecule has 1 rings (SSSR count). The molecule has 0 radical (unpaired) electrons. The fraction of sp³-hybridized carbons (Fsp3) is 0.692. The number of aromatic nitrogens is 2. The highest BCUT2D eigenvalue weighted by molar-refractivity contribution is 6.29. The summed E-state index contributed by atoms with van der Waals surface area (Å²) in [4.78, 5) is 10.8. The van der Waals surface area contributed by atoms with Crippen molar-refractivity contribution in [3.8, 4) is 0 Å². The van der Waals surface area contributed by atoms with Crippen LogP contribution < -0.4 is 4.90 Å².